The van der Waals surface area contributed by atoms with Gasteiger partial charge in [0, 0.05) is 23.6 Å². The van der Waals surface area contributed by atoms with E-state index in [9.17, 15) is 13.2 Å². The minimum atomic E-state index is -3.26. The number of nitrogens with one attached hydrogen (secondary N) is 1. The van der Waals surface area contributed by atoms with Gasteiger partial charge in [-0.15, -0.1) is 0 Å². The Balaban J connectivity index is 1.73. The molecule has 1 atom stereocenters. The average molecular weight is 453 g/mol. The van der Waals surface area contributed by atoms with E-state index in [1.165, 1.54) is 10.6 Å². The molecule has 1 saturated heterocycles. The Bertz CT molecular complexity index is 933. The van der Waals surface area contributed by atoms with Crippen LogP contribution in [-0.4, -0.2) is 44.0 Å². The fraction of sp³-hybridized carbons (Fsp3) is 0.316. The second-order valence-corrected chi connectivity index (χ2v) is 9.39. The molecule has 1 aliphatic rings. The molecule has 1 unspecified atom stereocenters. The maximum atomic E-state index is 12.8. The third-order valence-electron chi connectivity index (χ3n) is 4.34. The van der Waals surface area contributed by atoms with Gasteiger partial charge in [0.05, 0.1) is 11.8 Å². The van der Waals surface area contributed by atoms with Gasteiger partial charge in [0.25, 0.3) is 5.91 Å². The second kappa shape index (κ2) is 8.41. The zero-order valence-corrected chi connectivity index (χ0v) is 17.3. The molecule has 0 bridgehead atoms. The van der Waals surface area contributed by atoms with E-state index in [0.29, 0.717) is 36.6 Å². The molecule has 144 valence electrons. The molecule has 0 saturated carbocycles. The van der Waals surface area contributed by atoms with Crippen LogP contribution in [0, 0.1) is 0 Å². The molecule has 0 spiro atoms. The Labute approximate surface area is 167 Å². The van der Waals surface area contributed by atoms with Gasteiger partial charge in [-0.05, 0) is 43.2 Å². The van der Waals surface area contributed by atoms with Crippen LogP contribution in [0.1, 0.15) is 23.2 Å². The predicted molar refractivity (Wildman–Crippen MR) is 108 cm³/mol. The molecule has 1 fully saturated rings. The van der Waals surface area contributed by atoms with Gasteiger partial charge in [0.1, 0.15) is 11.5 Å². The molecular formula is C19H21BrN2O4S. The summed E-state index contributed by atoms with van der Waals surface area (Å²) in [5.41, 5.74) is 0.411. The molecule has 2 aromatic rings. The van der Waals surface area contributed by atoms with Crippen molar-refractivity contribution in [2.75, 3.05) is 19.3 Å². The van der Waals surface area contributed by atoms with Gasteiger partial charge in [-0.3, -0.25) is 4.79 Å². The molecule has 0 radical (unpaired) electrons. The van der Waals surface area contributed by atoms with E-state index in [1.807, 2.05) is 24.3 Å². The summed E-state index contributed by atoms with van der Waals surface area (Å²) in [6.45, 7) is 0.785. The highest BCUT2D eigenvalue weighted by atomic mass is 79.9. The van der Waals surface area contributed by atoms with Crippen LogP contribution in [-0.2, 0) is 10.0 Å². The van der Waals surface area contributed by atoms with Crippen molar-refractivity contribution >= 4 is 31.9 Å². The highest BCUT2D eigenvalue weighted by Crippen LogP contribution is 2.27. The molecule has 1 heterocycles. The standard InChI is InChI=1S/C19H21BrN2O4S/c1-27(24,25)22-11-5-7-15(13-22)21-19(23)17-9-2-3-10-18(17)26-16-8-4-6-14(20)12-16/h2-4,6,8-10,12,15H,5,7,11,13H2,1H3,(H,21,23). The fourth-order valence-electron chi connectivity index (χ4n) is 3.03. The molecular weight excluding hydrogens is 432 g/mol. The van der Waals surface area contributed by atoms with Crippen molar-refractivity contribution in [2.24, 2.45) is 0 Å². The summed E-state index contributed by atoms with van der Waals surface area (Å²) >= 11 is 3.40. The largest absolute Gasteiger partial charge is 0.456 e. The van der Waals surface area contributed by atoms with Gasteiger partial charge >= 0.3 is 0 Å². The van der Waals surface area contributed by atoms with Crippen molar-refractivity contribution in [1.82, 2.24) is 9.62 Å². The van der Waals surface area contributed by atoms with E-state index in [1.54, 1.807) is 24.3 Å². The monoisotopic (exact) mass is 452 g/mol. The Morgan fingerprint density at radius 2 is 2.00 bits per heavy atom. The number of nitrogens with zero attached hydrogens (tertiary/aromatic N) is 1. The first kappa shape index (κ1) is 19.9. The van der Waals surface area contributed by atoms with Crippen LogP contribution in [0.25, 0.3) is 0 Å². The average Bonchev–Trinajstić information content (AvgIpc) is 2.62. The summed E-state index contributed by atoms with van der Waals surface area (Å²) in [5, 5.41) is 2.94. The molecule has 8 heteroatoms. The summed E-state index contributed by atoms with van der Waals surface area (Å²) in [7, 11) is -3.26. The highest BCUT2D eigenvalue weighted by Gasteiger charge is 2.27. The molecule has 0 aromatic heterocycles. The van der Waals surface area contributed by atoms with Crippen LogP contribution < -0.4 is 10.1 Å². The van der Waals surface area contributed by atoms with Crippen molar-refractivity contribution < 1.29 is 17.9 Å². The van der Waals surface area contributed by atoms with E-state index in [-0.39, 0.29) is 11.9 Å². The van der Waals surface area contributed by atoms with E-state index in [2.05, 4.69) is 21.2 Å². The maximum Gasteiger partial charge on any atom is 0.255 e. The normalized spacial score (nSPS) is 18.1. The van der Waals surface area contributed by atoms with Crippen molar-refractivity contribution in [2.45, 2.75) is 18.9 Å². The number of rotatable bonds is 5. The Kier molecular flexibility index (Phi) is 6.18. The molecule has 1 aliphatic heterocycles. The minimum Gasteiger partial charge on any atom is -0.456 e. The first-order valence-electron chi connectivity index (χ1n) is 8.61. The lowest BCUT2D eigenvalue weighted by atomic mass is 10.1. The Hall–Kier alpha value is -1.90. The lowest BCUT2D eigenvalue weighted by Gasteiger charge is -2.31. The quantitative estimate of drug-likeness (QED) is 0.753. The van der Waals surface area contributed by atoms with Gasteiger partial charge in [-0.25, -0.2) is 12.7 Å². The number of hydrogen-bond donors (Lipinski definition) is 1. The number of ether oxygens (including phenoxy) is 1. The Morgan fingerprint density at radius 3 is 2.74 bits per heavy atom. The number of halogens is 1. The van der Waals surface area contributed by atoms with Crippen LogP contribution >= 0.6 is 15.9 Å². The zero-order chi connectivity index (χ0) is 19.4. The lowest BCUT2D eigenvalue weighted by molar-refractivity contribution is 0.0919. The smallest absolute Gasteiger partial charge is 0.255 e. The number of hydrogen-bond acceptors (Lipinski definition) is 4. The van der Waals surface area contributed by atoms with Crippen molar-refractivity contribution in [1.29, 1.82) is 0 Å². The molecule has 2 aromatic carbocycles. The first-order chi connectivity index (χ1) is 12.8. The highest BCUT2D eigenvalue weighted by molar-refractivity contribution is 9.10. The molecule has 1 N–H and O–H groups in total. The number of sulfonamides is 1. The molecule has 3 rings (SSSR count). The number of para-hydroxylation sites is 1. The van der Waals surface area contributed by atoms with Crippen LogP contribution in [0.3, 0.4) is 0 Å². The summed E-state index contributed by atoms with van der Waals surface area (Å²) < 4.78 is 31.7. The van der Waals surface area contributed by atoms with Crippen molar-refractivity contribution in [3.05, 3.63) is 58.6 Å². The summed E-state index contributed by atoms with van der Waals surface area (Å²) in [4.78, 5) is 12.8. The second-order valence-electron chi connectivity index (χ2n) is 6.49. The lowest BCUT2D eigenvalue weighted by Crippen LogP contribution is -2.49. The molecule has 1 amide bonds. The van der Waals surface area contributed by atoms with E-state index in [0.717, 1.165) is 10.9 Å². The predicted octanol–water partition coefficient (Wildman–Crippen LogP) is 3.40. The van der Waals surface area contributed by atoms with Gasteiger partial charge in [0.2, 0.25) is 10.0 Å². The minimum absolute atomic E-state index is 0.222. The van der Waals surface area contributed by atoms with Crippen LogP contribution in [0.15, 0.2) is 53.0 Å². The molecule has 27 heavy (non-hydrogen) atoms. The fourth-order valence-corrected chi connectivity index (χ4v) is 4.31. The SMILES string of the molecule is CS(=O)(=O)N1CCCC(NC(=O)c2ccccc2Oc2cccc(Br)c2)C1. The number of carbonyl (C=O) groups excluding carboxylic acids is 1. The van der Waals surface area contributed by atoms with Gasteiger partial charge in [-0.2, -0.15) is 0 Å². The van der Waals surface area contributed by atoms with Gasteiger partial charge < -0.3 is 10.1 Å². The number of amides is 1. The summed E-state index contributed by atoms with van der Waals surface area (Å²) in [5.74, 6) is 0.787. The third kappa shape index (κ3) is 5.31. The summed E-state index contributed by atoms with van der Waals surface area (Å²) in [6, 6.07) is 14.2. The first-order valence-corrected chi connectivity index (χ1v) is 11.3. The number of carbonyl (C=O) groups is 1. The van der Waals surface area contributed by atoms with Crippen molar-refractivity contribution in [3.63, 3.8) is 0 Å². The van der Waals surface area contributed by atoms with Gasteiger partial charge in [-0.1, -0.05) is 34.1 Å². The van der Waals surface area contributed by atoms with E-state index in [4.69, 9.17) is 4.74 Å². The number of piperidine rings is 1. The molecule has 6 nitrogen and oxygen atoms in total. The van der Waals surface area contributed by atoms with Crippen LogP contribution in [0.5, 0.6) is 11.5 Å². The molecule has 0 aliphatic carbocycles. The van der Waals surface area contributed by atoms with Crippen LogP contribution in [0.2, 0.25) is 0 Å². The maximum absolute atomic E-state index is 12.8. The zero-order valence-electron chi connectivity index (χ0n) is 14.9. The topological polar surface area (TPSA) is 75.7 Å². The van der Waals surface area contributed by atoms with E-state index >= 15 is 0 Å². The third-order valence-corrected chi connectivity index (χ3v) is 6.11. The van der Waals surface area contributed by atoms with Crippen molar-refractivity contribution in [3.8, 4) is 11.5 Å². The Morgan fingerprint density at radius 1 is 1.22 bits per heavy atom. The van der Waals surface area contributed by atoms with Gasteiger partial charge in [0.15, 0.2) is 0 Å². The van der Waals surface area contributed by atoms with E-state index < -0.39 is 10.0 Å². The summed E-state index contributed by atoms with van der Waals surface area (Å²) in [6.07, 6.45) is 2.65. The van der Waals surface area contributed by atoms with Crippen LogP contribution in [0.4, 0.5) is 0 Å². The number of benzene rings is 2.